The fourth-order valence-electron chi connectivity index (χ4n) is 3.71. The van der Waals surface area contributed by atoms with Crippen LogP contribution in [0.25, 0.3) is 0 Å². The van der Waals surface area contributed by atoms with Gasteiger partial charge in [-0.2, -0.15) is 0 Å². The van der Waals surface area contributed by atoms with Crippen molar-refractivity contribution in [2.75, 3.05) is 38.1 Å². The molecule has 1 aromatic carbocycles. The Morgan fingerprint density at radius 2 is 2.00 bits per heavy atom. The molecule has 0 spiro atoms. The number of guanidine groups is 1. The highest BCUT2D eigenvalue weighted by atomic mass is 19.1. The maximum atomic E-state index is 14.0. The molecular weight excluding hydrogens is 395 g/mol. The van der Waals surface area contributed by atoms with Gasteiger partial charge >= 0.3 is 0 Å². The van der Waals surface area contributed by atoms with Crippen LogP contribution in [0.3, 0.4) is 0 Å². The first-order valence-corrected chi connectivity index (χ1v) is 10.8. The molecule has 8 heteroatoms. The summed E-state index contributed by atoms with van der Waals surface area (Å²) in [6, 6.07) is 10.8. The van der Waals surface area contributed by atoms with E-state index in [1.165, 1.54) is 6.07 Å². The first-order chi connectivity index (χ1) is 15.0. The first kappa shape index (κ1) is 22.5. The lowest BCUT2D eigenvalue weighted by Crippen LogP contribution is -2.44. The van der Waals surface area contributed by atoms with Gasteiger partial charge in [-0.15, -0.1) is 0 Å². The summed E-state index contributed by atoms with van der Waals surface area (Å²) in [4.78, 5) is 24.6. The maximum absolute atomic E-state index is 14.0. The number of carbonyl (C=O) groups excluding carboxylic acids is 1. The fraction of sp³-hybridized carbons (Fsp3) is 0.435. The van der Waals surface area contributed by atoms with E-state index in [0.717, 1.165) is 18.5 Å². The summed E-state index contributed by atoms with van der Waals surface area (Å²) in [7, 11) is 1.73. The highest BCUT2D eigenvalue weighted by Gasteiger charge is 2.25. The molecule has 1 unspecified atom stereocenters. The van der Waals surface area contributed by atoms with Crippen LogP contribution >= 0.6 is 0 Å². The lowest BCUT2D eigenvalue weighted by atomic mass is 10.1. The number of nitrogens with one attached hydrogen (secondary N) is 2. The van der Waals surface area contributed by atoms with Gasteiger partial charge in [0, 0.05) is 57.6 Å². The third-order valence-corrected chi connectivity index (χ3v) is 5.50. The number of hydrogen-bond acceptors (Lipinski definition) is 4. The molecular formula is C23H31FN6O. The smallest absolute Gasteiger partial charge is 0.253 e. The Kier molecular flexibility index (Phi) is 7.81. The normalized spacial score (nSPS) is 16.3. The zero-order valence-electron chi connectivity index (χ0n) is 18.4. The first-order valence-electron chi connectivity index (χ1n) is 10.8. The second-order valence-electron chi connectivity index (χ2n) is 7.48. The van der Waals surface area contributed by atoms with Crippen molar-refractivity contribution in [1.82, 2.24) is 20.5 Å². The number of benzene rings is 1. The molecule has 166 valence electrons. The molecule has 1 aliphatic heterocycles. The Hall–Kier alpha value is -3.16. The van der Waals surface area contributed by atoms with E-state index in [0.29, 0.717) is 43.5 Å². The number of amides is 1. The van der Waals surface area contributed by atoms with Crippen LogP contribution < -0.4 is 15.5 Å². The number of aliphatic imine (C=N–C) groups is 1. The molecule has 31 heavy (non-hydrogen) atoms. The van der Waals surface area contributed by atoms with E-state index in [1.807, 2.05) is 43.0 Å². The van der Waals surface area contributed by atoms with Gasteiger partial charge in [-0.1, -0.05) is 12.1 Å². The van der Waals surface area contributed by atoms with Crippen LogP contribution in [-0.2, 0) is 6.54 Å². The van der Waals surface area contributed by atoms with Gasteiger partial charge < -0.3 is 20.4 Å². The van der Waals surface area contributed by atoms with Crippen molar-refractivity contribution in [2.45, 2.75) is 32.9 Å². The van der Waals surface area contributed by atoms with Crippen molar-refractivity contribution in [2.24, 2.45) is 4.99 Å². The lowest BCUT2D eigenvalue weighted by Gasteiger charge is -2.20. The molecule has 2 heterocycles. The molecule has 0 radical (unpaired) electrons. The number of rotatable bonds is 7. The van der Waals surface area contributed by atoms with E-state index in [2.05, 4.69) is 20.6 Å². The zero-order chi connectivity index (χ0) is 22.2. The summed E-state index contributed by atoms with van der Waals surface area (Å²) in [5.41, 5.74) is 1.76. The molecule has 7 nitrogen and oxygen atoms in total. The van der Waals surface area contributed by atoms with E-state index in [4.69, 9.17) is 0 Å². The van der Waals surface area contributed by atoms with Crippen molar-refractivity contribution in [1.29, 1.82) is 0 Å². The molecule has 1 aliphatic rings. The average Bonchev–Trinajstić information content (AvgIpc) is 3.26. The summed E-state index contributed by atoms with van der Waals surface area (Å²) in [5, 5.41) is 6.71. The topological polar surface area (TPSA) is 72.9 Å². The van der Waals surface area contributed by atoms with Crippen LogP contribution in [-0.4, -0.2) is 61.0 Å². The van der Waals surface area contributed by atoms with Crippen molar-refractivity contribution in [3.63, 3.8) is 0 Å². The van der Waals surface area contributed by atoms with Crippen LogP contribution in [0.1, 0.15) is 36.2 Å². The van der Waals surface area contributed by atoms with E-state index < -0.39 is 0 Å². The largest absolute Gasteiger partial charge is 0.352 e. The maximum Gasteiger partial charge on any atom is 0.253 e. The van der Waals surface area contributed by atoms with Crippen LogP contribution in [0.2, 0.25) is 0 Å². The highest BCUT2D eigenvalue weighted by molar-refractivity contribution is 5.94. The third-order valence-electron chi connectivity index (χ3n) is 5.50. The van der Waals surface area contributed by atoms with Crippen LogP contribution in [0, 0.1) is 5.82 Å². The van der Waals surface area contributed by atoms with Crippen molar-refractivity contribution in [3.8, 4) is 0 Å². The number of hydrogen-bond donors (Lipinski definition) is 2. The van der Waals surface area contributed by atoms with Gasteiger partial charge in [0.15, 0.2) is 17.6 Å². The molecule has 3 rings (SSSR count). The molecule has 0 bridgehead atoms. The molecule has 2 aromatic rings. The standard InChI is InChI=1S/C23H31FN6O/c1-4-29(5-2)22(31)18-10-8-17(9-11-18)15-27-23(25-3)28-19-12-14-30(16-19)21-20(24)7-6-13-26-21/h6-11,13,19H,4-5,12,14-16H2,1-3H3,(H2,25,27,28). The Morgan fingerprint density at radius 3 is 2.65 bits per heavy atom. The van der Waals surface area contributed by atoms with Gasteiger partial charge in [0.05, 0.1) is 0 Å². The monoisotopic (exact) mass is 426 g/mol. The predicted octanol–water partition coefficient (Wildman–Crippen LogP) is 2.65. The van der Waals surface area contributed by atoms with Gasteiger partial charge in [-0.3, -0.25) is 9.79 Å². The van der Waals surface area contributed by atoms with Gasteiger partial charge in [0.25, 0.3) is 5.91 Å². The molecule has 1 amide bonds. The molecule has 1 fully saturated rings. The lowest BCUT2D eigenvalue weighted by molar-refractivity contribution is 0.0773. The number of nitrogens with zero attached hydrogens (tertiary/aromatic N) is 4. The Balaban J connectivity index is 1.51. The van der Waals surface area contributed by atoms with E-state index in [-0.39, 0.29) is 17.8 Å². The number of pyridine rings is 1. The predicted molar refractivity (Wildman–Crippen MR) is 122 cm³/mol. The SMILES string of the molecule is CCN(CC)C(=O)c1ccc(CNC(=NC)NC2CCN(c3ncccc3F)C2)cc1. The summed E-state index contributed by atoms with van der Waals surface area (Å²) < 4.78 is 14.0. The number of anilines is 1. The Bertz CT molecular complexity index is 897. The molecule has 1 atom stereocenters. The van der Waals surface area contributed by atoms with Crippen LogP contribution in [0.15, 0.2) is 47.6 Å². The van der Waals surface area contributed by atoms with Crippen molar-refractivity contribution < 1.29 is 9.18 Å². The summed E-state index contributed by atoms with van der Waals surface area (Å²) in [6.07, 6.45) is 2.49. The number of carbonyl (C=O) groups is 1. The molecule has 0 aliphatic carbocycles. The molecule has 1 aromatic heterocycles. The van der Waals surface area contributed by atoms with Crippen LogP contribution in [0.5, 0.6) is 0 Å². The molecule has 0 saturated carbocycles. The molecule has 1 saturated heterocycles. The fourth-order valence-corrected chi connectivity index (χ4v) is 3.71. The van der Waals surface area contributed by atoms with E-state index in [9.17, 15) is 9.18 Å². The average molecular weight is 427 g/mol. The third kappa shape index (κ3) is 5.71. The van der Waals surface area contributed by atoms with E-state index in [1.54, 1.807) is 24.2 Å². The van der Waals surface area contributed by atoms with Crippen LogP contribution in [0.4, 0.5) is 10.2 Å². The minimum Gasteiger partial charge on any atom is -0.352 e. The summed E-state index contributed by atoms with van der Waals surface area (Å²) >= 11 is 0. The second kappa shape index (κ2) is 10.7. The highest BCUT2D eigenvalue weighted by Crippen LogP contribution is 2.20. The minimum absolute atomic E-state index is 0.0529. The van der Waals surface area contributed by atoms with Gasteiger partial charge in [0.1, 0.15) is 0 Å². The Morgan fingerprint density at radius 1 is 1.26 bits per heavy atom. The molecule has 2 N–H and O–H groups in total. The van der Waals surface area contributed by atoms with E-state index >= 15 is 0 Å². The van der Waals surface area contributed by atoms with Crippen molar-refractivity contribution in [3.05, 3.63) is 59.5 Å². The summed E-state index contributed by atoms with van der Waals surface area (Å²) in [6.45, 7) is 7.36. The zero-order valence-corrected chi connectivity index (χ0v) is 18.4. The number of aromatic nitrogens is 1. The number of halogens is 1. The Labute approximate surface area is 183 Å². The summed E-state index contributed by atoms with van der Waals surface area (Å²) in [5.74, 6) is 0.844. The second-order valence-corrected chi connectivity index (χ2v) is 7.48. The minimum atomic E-state index is -0.298. The quantitative estimate of drug-likeness (QED) is 0.526. The van der Waals surface area contributed by atoms with Crippen molar-refractivity contribution >= 4 is 17.7 Å². The van der Waals surface area contributed by atoms with Gasteiger partial charge in [0.2, 0.25) is 0 Å². The van der Waals surface area contributed by atoms with Gasteiger partial charge in [-0.05, 0) is 50.1 Å². The van der Waals surface area contributed by atoms with Gasteiger partial charge in [-0.25, -0.2) is 9.37 Å².